The zero-order valence-corrected chi connectivity index (χ0v) is 13.1. The van der Waals surface area contributed by atoms with Crippen LogP contribution in [-0.2, 0) is 5.41 Å². The second kappa shape index (κ2) is 5.99. The average Bonchev–Trinajstić information content (AvgIpc) is 2.88. The summed E-state index contributed by atoms with van der Waals surface area (Å²) in [6.07, 6.45) is 2.66. The lowest BCUT2D eigenvalue weighted by Crippen LogP contribution is -2.20. The highest BCUT2D eigenvalue weighted by Crippen LogP contribution is 2.27. The van der Waals surface area contributed by atoms with E-state index in [-0.39, 0.29) is 5.41 Å². The van der Waals surface area contributed by atoms with Crippen LogP contribution in [0.1, 0.15) is 39.4 Å². The average molecular weight is 280 g/mol. The van der Waals surface area contributed by atoms with Gasteiger partial charge in [-0.3, -0.25) is 0 Å². The molecule has 2 rings (SSSR count). The van der Waals surface area contributed by atoms with Crippen LogP contribution < -0.4 is 10.6 Å². The monoisotopic (exact) mass is 280 g/mol. The van der Waals surface area contributed by atoms with Crippen molar-refractivity contribution in [3.05, 3.63) is 11.9 Å². The number of anilines is 2. The summed E-state index contributed by atoms with van der Waals surface area (Å²) >= 11 is 2.06. The molecule has 0 radical (unpaired) electrons. The lowest BCUT2D eigenvalue weighted by atomic mass is 9.96. The number of hydrogen-bond donors (Lipinski definition) is 2. The molecule has 1 aliphatic rings. The fourth-order valence-corrected chi connectivity index (χ4v) is 3.23. The van der Waals surface area contributed by atoms with Crippen LogP contribution >= 0.6 is 11.8 Å². The van der Waals surface area contributed by atoms with Crippen molar-refractivity contribution in [2.24, 2.45) is 0 Å². The number of aromatic nitrogens is 2. The molecule has 1 aromatic heterocycles. The molecule has 2 heterocycles. The maximum atomic E-state index is 4.64. The molecule has 0 aliphatic carbocycles. The van der Waals surface area contributed by atoms with Gasteiger partial charge in [0, 0.05) is 30.3 Å². The first-order valence-corrected chi connectivity index (χ1v) is 7.96. The van der Waals surface area contributed by atoms with Crippen molar-refractivity contribution < 1.29 is 0 Å². The standard InChI is InChI=1S/C14H24N4S/c1-14(2,3)13-17-11(15-4)8-12(18-13)16-9-10-6-5-7-19-10/h8,10H,5-7,9H2,1-4H3,(H2,15,16,17,18). The van der Waals surface area contributed by atoms with Crippen molar-refractivity contribution >= 4 is 23.4 Å². The molecule has 106 valence electrons. The fourth-order valence-electron chi connectivity index (χ4n) is 2.03. The molecule has 0 spiro atoms. The molecule has 19 heavy (non-hydrogen) atoms. The Morgan fingerprint density at radius 2 is 2.05 bits per heavy atom. The van der Waals surface area contributed by atoms with Gasteiger partial charge in [0.15, 0.2) is 0 Å². The SMILES string of the molecule is CNc1cc(NCC2CCCS2)nc(C(C)(C)C)n1. The molecule has 1 saturated heterocycles. The summed E-state index contributed by atoms with van der Waals surface area (Å²) in [6, 6.07) is 1.98. The van der Waals surface area contributed by atoms with E-state index < -0.39 is 0 Å². The predicted octanol–water partition coefficient (Wildman–Crippen LogP) is 3.12. The van der Waals surface area contributed by atoms with E-state index in [1.165, 1.54) is 18.6 Å². The first-order valence-electron chi connectivity index (χ1n) is 6.92. The molecule has 2 N–H and O–H groups in total. The summed E-state index contributed by atoms with van der Waals surface area (Å²) in [5.74, 6) is 3.98. The van der Waals surface area contributed by atoms with Gasteiger partial charge in [0.25, 0.3) is 0 Å². The molecule has 5 heteroatoms. The molecule has 1 unspecified atom stereocenters. The molecule has 1 aromatic rings. The van der Waals surface area contributed by atoms with Crippen molar-refractivity contribution in [1.82, 2.24) is 9.97 Å². The van der Waals surface area contributed by atoms with Crippen LogP contribution in [-0.4, -0.2) is 34.6 Å². The minimum absolute atomic E-state index is 0.0363. The van der Waals surface area contributed by atoms with Crippen molar-refractivity contribution in [2.45, 2.75) is 44.3 Å². The Morgan fingerprint density at radius 3 is 2.63 bits per heavy atom. The second-order valence-electron chi connectivity index (χ2n) is 5.98. The van der Waals surface area contributed by atoms with Crippen molar-refractivity contribution in [2.75, 3.05) is 30.0 Å². The number of rotatable bonds is 4. The van der Waals surface area contributed by atoms with E-state index in [1.54, 1.807) is 0 Å². The molecule has 1 fully saturated rings. The van der Waals surface area contributed by atoms with E-state index in [1.807, 2.05) is 13.1 Å². The van der Waals surface area contributed by atoms with Crippen LogP contribution in [0.25, 0.3) is 0 Å². The Bertz CT molecular complexity index is 422. The van der Waals surface area contributed by atoms with Gasteiger partial charge in [-0.25, -0.2) is 9.97 Å². The number of thioether (sulfide) groups is 1. The summed E-state index contributed by atoms with van der Waals surface area (Å²) in [7, 11) is 1.89. The largest absolute Gasteiger partial charge is 0.373 e. The Balaban J connectivity index is 2.10. The van der Waals surface area contributed by atoms with Gasteiger partial charge in [-0.1, -0.05) is 20.8 Å². The minimum Gasteiger partial charge on any atom is -0.373 e. The third-order valence-electron chi connectivity index (χ3n) is 3.19. The Labute approximate surface area is 120 Å². The van der Waals surface area contributed by atoms with E-state index in [2.05, 4.69) is 53.1 Å². The second-order valence-corrected chi connectivity index (χ2v) is 7.39. The lowest BCUT2D eigenvalue weighted by Gasteiger charge is -2.19. The molecule has 0 aromatic carbocycles. The van der Waals surface area contributed by atoms with Crippen LogP contribution in [0.2, 0.25) is 0 Å². The number of nitrogens with zero attached hydrogens (tertiary/aromatic N) is 2. The highest BCUT2D eigenvalue weighted by Gasteiger charge is 2.20. The summed E-state index contributed by atoms with van der Waals surface area (Å²) in [4.78, 5) is 9.18. The summed E-state index contributed by atoms with van der Waals surface area (Å²) in [5.41, 5.74) is -0.0363. The van der Waals surface area contributed by atoms with E-state index in [4.69, 9.17) is 0 Å². The zero-order valence-electron chi connectivity index (χ0n) is 12.3. The third-order valence-corrected chi connectivity index (χ3v) is 4.59. The van der Waals surface area contributed by atoms with Crippen LogP contribution in [0.15, 0.2) is 6.07 Å². The van der Waals surface area contributed by atoms with E-state index in [0.29, 0.717) is 0 Å². The topological polar surface area (TPSA) is 49.8 Å². The number of nitrogens with one attached hydrogen (secondary N) is 2. The van der Waals surface area contributed by atoms with Gasteiger partial charge in [0.2, 0.25) is 0 Å². The zero-order chi connectivity index (χ0) is 13.9. The van der Waals surface area contributed by atoms with Crippen molar-refractivity contribution in [3.63, 3.8) is 0 Å². The first-order chi connectivity index (χ1) is 8.99. The summed E-state index contributed by atoms with van der Waals surface area (Å²) < 4.78 is 0. The molecule has 0 amide bonds. The van der Waals surface area contributed by atoms with E-state index in [9.17, 15) is 0 Å². The normalized spacial score (nSPS) is 19.5. The highest BCUT2D eigenvalue weighted by atomic mass is 32.2. The van der Waals surface area contributed by atoms with Crippen LogP contribution in [0.4, 0.5) is 11.6 Å². The Hall–Kier alpha value is -0.970. The lowest BCUT2D eigenvalue weighted by molar-refractivity contribution is 0.546. The smallest absolute Gasteiger partial charge is 0.138 e. The van der Waals surface area contributed by atoms with Gasteiger partial charge in [-0.15, -0.1) is 0 Å². The summed E-state index contributed by atoms with van der Waals surface area (Å²) in [5, 5.41) is 7.30. The Kier molecular flexibility index (Phi) is 4.55. The Morgan fingerprint density at radius 1 is 1.32 bits per heavy atom. The molecular weight excluding hydrogens is 256 g/mol. The third kappa shape index (κ3) is 4.00. The van der Waals surface area contributed by atoms with E-state index in [0.717, 1.165) is 29.3 Å². The number of hydrogen-bond acceptors (Lipinski definition) is 5. The summed E-state index contributed by atoms with van der Waals surface area (Å²) in [6.45, 7) is 7.41. The minimum atomic E-state index is -0.0363. The van der Waals surface area contributed by atoms with Crippen LogP contribution in [0.5, 0.6) is 0 Å². The molecule has 4 nitrogen and oxygen atoms in total. The van der Waals surface area contributed by atoms with Gasteiger partial charge in [0.1, 0.15) is 17.5 Å². The molecule has 1 atom stereocenters. The van der Waals surface area contributed by atoms with Crippen molar-refractivity contribution in [3.8, 4) is 0 Å². The fraction of sp³-hybridized carbons (Fsp3) is 0.714. The maximum absolute atomic E-state index is 4.64. The van der Waals surface area contributed by atoms with Gasteiger partial charge < -0.3 is 10.6 Å². The van der Waals surface area contributed by atoms with Gasteiger partial charge in [-0.05, 0) is 18.6 Å². The highest BCUT2D eigenvalue weighted by molar-refractivity contribution is 8.00. The van der Waals surface area contributed by atoms with Crippen LogP contribution in [0.3, 0.4) is 0 Å². The molecular formula is C14H24N4S. The van der Waals surface area contributed by atoms with Gasteiger partial charge >= 0.3 is 0 Å². The van der Waals surface area contributed by atoms with Gasteiger partial charge in [0.05, 0.1) is 0 Å². The first kappa shape index (κ1) is 14.4. The predicted molar refractivity (Wildman–Crippen MR) is 84.2 cm³/mol. The van der Waals surface area contributed by atoms with Crippen LogP contribution in [0, 0.1) is 0 Å². The maximum Gasteiger partial charge on any atom is 0.138 e. The molecule has 0 saturated carbocycles. The van der Waals surface area contributed by atoms with E-state index >= 15 is 0 Å². The molecule has 0 bridgehead atoms. The quantitative estimate of drug-likeness (QED) is 0.887. The molecule has 1 aliphatic heterocycles. The van der Waals surface area contributed by atoms with Crippen molar-refractivity contribution in [1.29, 1.82) is 0 Å². The van der Waals surface area contributed by atoms with Gasteiger partial charge in [-0.2, -0.15) is 11.8 Å².